The Kier molecular flexibility index (Phi) is 6.84. The minimum Gasteiger partial charge on any atom is -0.488 e. The fraction of sp³-hybridized carbons (Fsp3) is 0.176. The summed E-state index contributed by atoms with van der Waals surface area (Å²) in [7, 11) is 0. The van der Waals surface area contributed by atoms with Gasteiger partial charge in [-0.05, 0) is 49.0 Å². The summed E-state index contributed by atoms with van der Waals surface area (Å²) >= 11 is 10.9. The van der Waals surface area contributed by atoms with Gasteiger partial charge in [-0.25, -0.2) is 0 Å². The average Bonchev–Trinajstić information content (AvgIpc) is 2.56. The molecule has 0 fully saturated rings. The van der Waals surface area contributed by atoms with Crippen LogP contribution in [-0.2, 0) is 6.61 Å². The molecule has 0 radical (unpaired) electrons. The van der Waals surface area contributed by atoms with Gasteiger partial charge in [-0.15, -0.1) is 0 Å². The largest absolute Gasteiger partial charge is 0.488 e. The first-order chi connectivity index (χ1) is 11.2. The van der Waals surface area contributed by atoms with E-state index in [4.69, 9.17) is 28.6 Å². The number of thiocarbonyl (C=S) groups is 1. The maximum atomic E-state index is 5.88. The molecular weight excluding hydrogens is 330 g/mol. The van der Waals surface area contributed by atoms with Crippen molar-refractivity contribution >= 4 is 35.1 Å². The van der Waals surface area contributed by atoms with Gasteiger partial charge in [-0.3, -0.25) is 5.43 Å². The Hall–Kier alpha value is -2.11. The summed E-state index contributed by atoms with van der Waals surface area (Å²) in [5.74, 6) is 0.752. The SMILES string of the molecule is CCNC(=S)N/N=C\c1ccccc1OCc1ccc(Cl)cc1. The molecule has 0 unspecified atom stereocenters. The van der Waals surface area contributed by atoms with Crippen molar-refractivity contribution in [3.05, 3.63) is 64.7 Å². The number of hydrazone groups is 1. The number of ether oxygens (including phenoxy) is 1. The zero-order chi connectivity index (χ0) is 16.5. The van der Waals surface area contributed by atoms with Crippen molar-refractivity contribution in [3.63, 3.8) is 0 Å². The van der Waals surface area contributed by atoms with E-state index in [0.29, 0.717) is 16.7 Å². The average molecular weight is 348 g/mol. The van der Waals surface area contributed by atoms with Crippen LogP contribution >= 0.6 is 23.8 Å². The number of para-hydroxylation sites is 1. The summed E-state index contributed by atoms with van der Waals surface area (Å²) in [6, 6.07) is 15.3. The van der Waals surface area contributed by atoms with Crippen LogP contribution in [0.4, 0.5) is 0 Å². The van der Waals surface area contributed by atoms with E-state index in [1.54, 1.807) is 6.21 Å². The van der Waals surface area contributed by atoms with Gasteiger partial charge in [0.1, 0.15) is 12.4 Å². The molecule has 23 heavy (non-hydrogen) atoms. The van der Waals surface area contributed by atoms with Crippen molar-refractivity contribution in [3.8, 4) is 5.75 Å². The second kappa shape index (κ2) is 9.12. The van der Waals surface area contributed by atoms with Crippen LogP contribution in [0.25, 0.3) is 0 Å². The Labute approximate surface area is 146 Å². The van der Waals surface area contributed by atoms with Crippen molar-refractivity contribution in [2.45, 2.75) is 13.5 Å². The lowest BCUT2D eigenvalue weighted by molar-refractivity contribution is 0.306. The third-order valence-electron chi connectivity index (χ3n) is 2.93. The number of benzene rings is 2. The molecule has 0 aliphatic carbocycles. The molecule has 0 heterocycles. The first kappa shape index (κ1) is 17.2. The van der Waals surface area contributed by atoms with Crippen molar-refractivity contribution in [2.24, 2.45) is 5.10 Å². The van der Waals surface area contributed by atoms with Crippen LogP contribution in [0.1, 0.15) is 18.1 Å². The van der Waals surface area contributed by atoms with Crippen molar-refractivity contribution in [1.82, 2.24) is 10.7 Å². The Morgan fingerprint density at radius 1 is 1.22 bits per heavy atom. The Bertz CT molecular complexity index is 674. The van der Waals surface area contributed by atoms with Crippen molar-refractivity contribution in [2.75, 3.05) is 6.54 Å². The quantitative estimate of drug-likeness (QED) is 0.475. The van der Waals surface area contributed by atoms with Gasteiger partial charge in [0.25, 0.3) is 0 Å². The summed E-state index contributed by atoms with van der Waals surface area (Å²) in [5, 5.41) is 8.27. The number of hydrogen-bond donors (Lipinski definition) is 2. The van der Waals surface area contributed by atoms with Crippen molar-refractivity contribution in [1.29, 1.82) is 0 Å². The Morgan fingerprint density at radius 2 is 1.96 bits per heavy atom. The highest BCUT2D eigenvalue weighted by Crippen LogP contribution is 2.18. The Morgan fingerprint density at radius 3 is 2.70 bits per heavy atom. The lowest BCUT2D eigenvalue weighted by atomic mass is 10.2. The van der Waals surface area contributed by atoms with E-state index >= 15 is 0 Å². The van der Waals surface area contributed by atoms with Crippen LogP contribution in [0.15, 0.2) is 53.6 Å². The van der Waals surface area contributed by atoms with Gasteiger partial charge in [-0.2, -0.15) is 5.10 Å². The molecule has 2 aromatic carbocycles. The highest BCUT2D eigenvalue weighted by Gasteiger charge is 2.01. The zero-order valence-electron chi connectivity index (χ0n) is 12.8. The third kappa shape index (κ3) is 5.88. The highest BCUT2D eigenvalue weighted by atomic mass is 35.5. The molecule has 0 saturated carbocycles. The monoisotopic (exact) mass is 347 g/mol. The zero-order valence-corrected chi connectivity index (χ0v) is 14.3. The number of nitrogens with zero attached hydrogens (tertiary/aromatic N) is 1. The van der Waals surface area contributed by atoms with Crippen LogP contribution in [0.5, 0.6) is 5.75 Å². The molecule has 0 aromatic heterocycles. The molecule has 4 nitrogen and oxygen atoms in total. The predicted octanol–water partition coefficient (Wildman–Crippen LogP) is 3.74. The van der Waals surface area contributed by atoms with Crippen LogP contribution in [0.3, 0.4) is 0 Å². The topological polar surface area (TPSA) is 45.7 Å². The number of nitrogens with one attached hydrogen (secondary N) is 2. The highest BCUT2D eigenvalue weighted by molar-refractivity contribution is 7.80. The van der Waals surface area contributed by atoms with Gasteiger partial charge >= 0.3 is 0 Å². The van der Waals surface area contributed by atoms with E-state index < -0.39 is 0 Å². The molecule has 6 heteroatoms. The standard InChI is InChI=1S/C17H18ClN3OS/c1-2-19-17(23)21-20-11-14-5-3-4-6-16(14)22-12-13-7-9-15(18)10-8-13/h3-11H,2,12H2,1H3,(H2,19,21,23)/b20-11-. The number of rotatable bonds is 6. The van der Waals surface area contributed by atoms with Gasteiger partial charge < -0.3 is 10.1 Å². The molecule has 2 N–H and O–H groups in total. The fourth-order valence-electron chi connectivity index (χ4n) is 1.82. The summed E-state index contributed by atoms with van der Waals surface area (Å²) < 4.78 is 5.86. The van der Waals surface area contributed by atoms with Gasteiger partial charge in [0.15, 0.2) is 5.11 Å². The van der Waals surface area contributed by atoms with Gasteiger partial charge in [-0.1, -0.05) is 35.9 Å². The second-order valence-corrected chi connectivity index (χ2v) is 5.53. The molecule has 0 aliphatic heterocycles. The van der Waals surface area contributed by atoms with E-state index in [2.05, 4.69) is 15.8 Å². The maximum Gasteiger partial charge on any atom is 0.186 e. The number of halogens is 1. The summed E-state index contributed by atoms with van der Waals surface area (Å²) in [6.45, 7) is 3.19. The van der Waals surface area contributed by atoms with Crippen LogP contribution in [0.2, 0.25) is 5.02 Å². The molecule has 0 atom stereocenters. The maximum absolute atomic E-state index is 5.88. The summed E-state index contributed by atoms with van der Waals surface area (Å²) in [4.78, 5) is 0. The summed E-state index contributed by atoms with van der Waals surface area (Å²) in [6.07, 6.45) is 1.68. The van der Waals surface area contributed by atoms with Crippen LogP contribution in [0, 0.1) is 0 Å². The van der Waals surface area contributed by atoms with E-state index in [-0.39, 0.29) is 0 Å². The molecule has 120 valence electrons. The van der Waals surface area contributed by atoms with E-state index in [0.717, 1.165) is 23.4 Å². The van der Waals surface area contributed by atoms with Gasteiger partial charge in [0.05, 0.1) is 6.21 Å². The van der Waals surface area contributed by atoms with E-state index in [1.165, 1.54) is 0 Å². The minimum absolute atomic E-state index is 0.464. The van der Waals surface area contributed by atoms with E-state index in [1.807, 2.05) is 55.5 Å². The normalized spacial score (nSPS) is 10.5. The fourth-order valence-corrected chi connectivity index (χ4v) is 2.14. The molecule has 0 bridgehead atoms. The molecule has 2 rings (SSSR count). The first-order valence-electron chi connectivity index (χ1n) is 7.22. The molecule has 0 amide bonds. The molecule has 2 aromatic rings. The lowest BCUT2D eigenvalue weighted by Crippen LogP contribution is -2.31. The lowest BCUT2D eigenvalue weighted by Gasteiger charge is -2.09. The molecule has 0 aliphatic rings. The molecule has 0 spiro atoms. The van der Waals surface area contributed by atoms with Gasteiger partial charge in [0, 0.05) is 17.1 Å². The van der Waals surface area contributed by atoms with Crippen molar-refractivity contribution < 1.29 is 4.74 Å². The predicted molar refractivity (Wildman–Crippen MR) is 99.2 cm³/mol. The van der Waals surface area contributed by atoms with E-state index in [9.17, 15) is 0 Å². The molecule has 0 saturated heterocycles. The van der Waals surface area contributed by atoms with Crippen LogP contribution < -0.4 is 15.5 Å². The molecular formula is C17H18ClN3OS. The Balaban J connectivity index is 1.98. The smallest absolute Gasteiger partial charge is 0.186 e. The second-order valence-electron chi connectivity index (χ2n) is 4.68. The third-order valence-corrected chi connectivity index (χ3v) is 3.42. The minimum atomic E-state index is 0.464. The first-order valence-corrected chi connectivity index (χ1v) is 8.01. The van der Waals surface area contributed by atoms with Gasteiger partial charge in [0.2, 0.25) is 0 Å². The van der Waals surface area contributed by atoms with Crippen LogP contribution in [-0.4, -0.2) is 17.9 Å². The number of hydrogen-bond acceptors (Lipinski definition) is 3. The summed E-state index contributed by atoms with van der Waals surface area (Å²) in [5.41, 5.74) is 4.68.